The summed E-state index contributed by atoms with van der Waals surface area (Å²) in [6, 6.07) is 7.13. The standard InChI is InChI=1S/C17H12N2O4S2/c1-9-4-5-12(25-9)10-8-24-16-14(10)15(20)18-13(19-16)7-23-17(21)11-3-2-6-22-11/h2-6,8H,7H2,1H3,(H,18,19,20). The van der Waals surface area contributed by atoms with E-state index in [9.17, 15) is 9.59 Å². The summed E-state index contributed by atoms with van der Waals surface area (Å²) in [5.41, 5.74) is 0.641. The summed E-state index contributed by atoms with van der Waals surface area (Å²) in [6.45, 7) is 1.90. The van der Waals surface area contributed by atoms with Crippen molar-refractivity contribution in [3.05, 3.63) is 62.7 Å². The van der Waals surface area contributed by atoms with Crippen LogP contribution in [0.15, 0.2) is 45.1 Å². The molecule has 8 heteroatoms. The van der Waals surface area contributed by atoms with E-state index in [2.05, 4.69) is 9.97 Å². The number of ether oxygens (including phenoxy) is 1. The molecule has 6 nitrogen and oxygen atoms in total. The molecule has 0 aliphatic heterocycles. The summed E-state index contributed by atoms with van der Waals surface area (Å²) in [7, 11) is 0. The number of rotatable bonds is 4. The monoisotopic (exact) mass is 372 g/mol. The second-order valence-corrected chi connectivity index (χ2v) is 7.45. The molecule has 4 aromatic heterocycles. The average Bonchev–Trinajstić information content (AvgIpc) is 3.32. The highest BCUT2D eigenvalue weighted by atomic mass is 32.1. The third-order valence-corrected chi connectivity index (χ3v) is 5.47. The number of carbonyl (C=O) groups is 1. The van der Waals surface area contributed by atoms with Gasteiger partial charge in [0.2, 0.25) is 5.76 Å². The zero-order valence-electron chi connectivity index (χ0n) is 13.1. The lowest BCUT2D eigenvalue weighted by Crippen LogP contribution is -2.14. The van der Waals surface area contributed by atoms with Crippen LogP contribution in [0, 0.1) is 6.92 Å². The lowest BCUT2D eigenvalue weighted by atomic mass is 10.2. The fourth-order valence-corrected chi connectivity index (χ4v) is 4.34. The Morgan fingerprint density at radius 2 is 2.24 bits per heavy atom. The van der Waals surface area contributed by atoms with Crippen LogP contribution in [0.25, 0.3) is 20.7 Å². The summed E-state index contributed by atoms with van der Waals surface area (Å²) >= 11 is 3.03. The molecule has 0 aliphatic carbocycles. The van der Waals surface area contributed by atoms with E-state index in [1.54, 1.807) is 17.4 Å². The second-order valence-electron chi connectivity index (χ2n) is 5.31. The van der Waals surface area contributed by atoms with E-state index in [-0.39, 0.29) is 17.9 Å². The third kappa shape index (κ3) is 3.01. The average molecular weight is 372 g/mol. The number of nitrogens with one attached hydrogen (secondary N) is 1. The maximum Gasteiger partial charge on any atom is 0.374 e. The zero-order valence-corrected chi connectivity index (χ0v) is 14.7. The van der Waals surface area contributed by atoms with Gasteiger partial charge in [0.25, 0.3) is 5.56 Å². The number of aromatic nitrogens is 2. The number of hydrogen-bond donors (Lipinski definition) is 1. The van der Waals surface area contributed by atoms with Gasteiger partial charge in [-0.05, 0) is 31.2 Å². The summed E-state index contributed by atoms with van der Waals surface area (Å²) in [5.74, 6) is -0.197. The van der Waals surface area contributed by atoms with E-state index in [1.807, 2.05) is 24.4 Å². The fraction of sp³-hybridized carbons (Fsp3) is 0.118. The molecule has 0 fully saturated rings. The van der Waals surface area contributed by atoms with Gasteiger partial charge in [0.1, 0.15) is 17.3 Å². The van der Waals surface area contributed by atoms with Gasteiger partial charge in [-0.1, -0.05) is 0 Å². The van der Waals surface area contributed by atoms with Gasteiger partial charge in [0.05, 0.1) is 11.6 Å². The van der Waals surface area contributed by atoms with E-state index in [0.717, 1.165) is 10.4 Å². The van der Waals surface area contributed by atoms with E-state index < -0.39 is 5.97 Å². The Hall–Kier alpha value is -2.71. The smallest absolute Gasteiger partial charge is 0.374 e. The first kappa shape index (κ1) is 15.8. The molecule has 1 N–H and O–H groups in total. The number of aryl methyl sites for hydroxylation is 1. The molecule has 126 valence electrons. The van der Waals surface area contributed by atoms with Crippen LogP contribution in [-0.4, -0.2) is 15.9 Å². The molecule has 0 atom stereocenters. The van der Waals surface area contributed by atoms with E-state index in [4.69, 9.17) is 9.15 Å². The largest absolute Gasteiger partial charge is 0.457 e. The number of thiophene rings is 2. The van der Waals surface area contributed by atoms with Crippen LogP contribution in [0.4, 0.5) is 0 Å². The molecule has 25 heavy (non-hydrogen) atoms. The van der Waals surface area contributed by atoms with Gasteiger partial charge in [-0.25, -0.2) is 9.78 Å². The molecule has 0 saturated carbocycles. The van der Waals surface area contributed by atoms with Gasteiger partial charge < -0.3 is 14.1 Å². The maximum absolute atomic E-state index is 12.5. The van der Waals surface area contributed by atoms with Crippen LogP contribution in [-0.2, 0) is 11.3 Å². The number of esters is 1. The highest BCUT2D eigenvalue weighted by Crippen LogP contribution is 2.34. The van der Waals surface area contributed by atoms with Crippen molar-refractivity contribution in [1.29, 1.82) is 0 Å². The number of nitrogens with zero attached hydrogens (tertiary/aromatic N) is 1. The number of fused-ring (bicyclic) bond motifs is 1. The third-order valence-electron chi connectivity index (χ3n) is 3.56. The molecule has 4 heterocycles. The van der Waals surface area contributed by atoms with Crippen molar-refractivity contribution in [2.75, 3.05) is 0 Å². The Labute approximate surface area is 149 Å². The summed E-state index contributed by atoms with van der Waals surface area (Å²) in [5, 5.41) is 2.49. The number of carbonyl (C=O) groups excluding carboxylic acids is 1. The van der Waals surface area contributed by atoms with Crippen molar-refractivity contribution >= 4 is 38.9 Å². The highest BCUT2D eigenvalue weighted by Gasteiger charge is 2.16. The molecule has 0 unspecified atom stereocenters. The van der Waals surface area contributed by atoms with Crippen LogP contribution >= 0.6 is 22.7 Å². The van der Waals surface area contributed by atoms with Crippen LogP contribution in [0.5, 0.6) is 0 Å². The molecule has 0 spiro atoms. The Balaban J connectivity index is 1.62. The van der Waals surface area contributed by atoms with E-state index in [1.165, 1.54) is 28.5 Å². The minimum absolute atomic E-state index is 0.106. The molecule has 0 radical (unpaired) electrons. The zero-order chi connectivity index (χ0) is 17.4. The SMILES string of the molecule is Cc1ccc(-c2csc3nc(COC(=O)c4ccco4)[nH]c(=O)c23)s1. The highest BCUT2D eigenvalue weighted by molar-refractivity contribution is 7.19. The van der Waals surface area contributed by atoms with Gasteiger partial charge >= 0.3 is 5.97 Å². The minimum Gasteiger partial charge on any atom is -0.457 e. The number of aromatic amines is 1. The molecule has 0 aliphatic rings. The van der Waals surface area contributed by atoms with Crippen molar-refractivity contribution in [3.63, 3.8) is 0 Å². The Morgan fingerprint density at radius 1 is 1.36 bits per heavy atom. The van der Waals surface area contributed by atoms with Gasteiger partial charge in [0, 0.05) is 20.7 Å². The van der Waals surface area contributed by atoms with Crippen molar-refractivity contribution in [2.45, 2.75) is 13.5 Å². The summed E-state index contributed by atoms with van der Waals surface area (Å²) < 4.78 is 10.1. The van der Waals surface area contributed by atoms with Crippen molar-refractivity contribution < 1.29 is 13.9 Å². The summed E-state index contributed by atoms with van der Waals surface area (Å²) in [4.78, 5) is 34.2. The molecule has 0 saturated heterocycles. The van der Waals surface area contributed by atoms with Crippen molar-refractivity contribution in [2.24, 2.45) is 0 Å². The molecule has 0 bridgehead atoms. The van der Waals surface area contributed by atoms with Gasteiger partial charge in [0.15, 0.2) is 0 Å². The van der Waals surface area contributed by atoms with Gasteiger partial charge in [-0.2, -0.15) is 0 Å². The predicted molar refractivity (Wildman–Crippen MR) is 96.1 cm³/mol. The van der Waals surface area contributed by atoms with Crippen LogP contribution in [0.3, 0.4) is 0 Å². The molecule has 4 rings (SSSR count). The Kier molecular flexibility index (Phi) is 3.98. The van der Waals surface area contributed by atoms with E-state index in [0.29, 0.717) is 16.0 Å². The minimum atomic E-state index is -0.603. The topological polar surface area (TPSA) is 85.2 Å². The number of H-pyrrole nitrogens is 1. The normalized spacial score (nSPS) is 11.1. The first-order chi connectivity index (χ1) is 12.1. The molecular weight excluding hydrogens is 360 g/mol. The van der Waals surface area contributed by atoms with Gasteiger partial charge in [-0.3, -0.25) is 4.79 Å². The quantitative estimate of drug-likeness (QED) is 0.548. The van der Waals surface area contributed by atoms with Crippen LogP contribution < -0.4 is 5.56 Å². The lowest BCUT2D eigenvalue weighted by molar-refractivity contribution is 0.0426. The molecular formula is C17H12N2O4S2. The fourth-order valence-electron chi connectivity index (χ4n) is 2.42. The number of hydrogen-bond acceptors (Lipinski definition) is 7. The van der Waals surface area contributed by atoms with Crippen molar-refractivity contribution in [3.8, 4) is 10.4 Å². The predicted octanol–water partition coefficient (Wildman–Crippen LogP) is 3.97. The first-order valence-electron chi connectivity index (χ1n) is 7.39. The van der Waals surface area contributed by atoms with Gasteiger partial charge in [-0.15, -0.1) is 22.7 Å². The number of furan rings is 1. The molecule has 0 amide bonds. The molecule has 4 aromatic rings. The lowest BCUT2D eigenvalue weighted by Gasteiger charge is -2.03. The first-order valence-corrected chi connectivity index (χ1v) is 9.09. The van der Waals surface area contributed by atoms with E-state index >= 15 is 0 Å². The Morgan fingerprint density at radius 3 is 2.96 bits per heavy atom. The maximum atomic E-state index is 12.5. The van der Waals surface area contributed by atoms with Crippen molar-refractivity contribution in [1.82, 2.24) is 9.97 Å². The van der Waals surface area contributed by atoms with Crippen LogP contribution in [0.2, 0.25) is 0 Å². The van der Waals surface area contributed by atoms with Crippen LogP contribution in [0.1, 0.15) is 21.3 Å². The Bertz CT molecular complexity index is 1110. The summed E-state index contributed by atoms with van der Waals surface area (Å²) in [6.07, 6.45) is 1.39. The molecule has 0 aromatic carbocycles. The second kappa shape index (κ2) is 6.30.